The Morgan fingerprint density at radius 3 is 3.00 bits per heavy atom. The zero-order chi connectivity index (χ0) is 17.5. The maximum atomic E-state index is 8.98. The molecule has 1 fully saturated rings. The van der Waals surface area contributed by atoms with Crippen LogP contribution in [0.25, 0.3) is 0 Å². The molecule has 1 N–H and O–H groups in total. The first-order valence-electron chi connectivity index (χ1n) is 8.50. The smallest absolute Gasteiger partial charge is 0.224 e. The number of nitriles is 1. The van der Waals surface area contributed by atoms with Crippen LogP contribution in [0.4, 0.5) is 5.95 Å². The third-order valence-corrected chi connectivity index (χ3v) is 4.01. The zero-order valence-electron chi connectivity index (χ0n) is 14.4. The number of hydrogen-bond donors (Lipinski definition) is 1. The van der Waals surface area contributed by atoms with Gasteiger partial charge in [-0.3, -0.25) is 0 Å². The third-order valence-electron chi connectivity index (χ3n) is 4.01. The van der Waals surface area contributed by atoms with E-state index in [4.69, 9.17) is 14.7 Å². The number of aromatic nitrogens is 2. The van der Waals surface area contributed by atoms with E-state index in [2.05, 4.69) is 27.4 Å². The monoisotopic (exact) mass is 338 g/mol. The summed E-state index contributed by atoms with van der Waals surface area (Å²) in [6.07, 6.45) is 2.46. The van der Waals surface area contributed by atoms with Crippen molar-refractivity contribution < 1.29 is 9.47 Å². The summed E-state index contributed by atoms with van der Waals surface area (Å²) in [5.41, 5.74) is 3.37. The van der Waals surface area contributed by atoms with Gasteiger partial charge >= 0.3 is 0 Å². The average Bonchev–Trinajstić information content (AvgIpc) is 3.13. The number of nitrogens with one attached hydrogen (secondary N) is 1. The highest BCUT2D eigenvalue weighted by molar-refractivity contribution is 5.34. The minimum atomic E-state index is 0.248. The maximum Gasteiger partial charge on any atom is 0.224 e. The second-order valence-corrected chi connectivity index (χ2v) is 6.15. The van der Waals surface area contributed by atoms with Crippen LogP contribution in [0.2, 0.25) is 0 Å². The first kappa shape index (κ1) is 17.3. The van der Waals surface area contributed by atoms with Gasteiger partial charge in [-0.1, -0.05) is 24.3 Å². The summed E-state index contributed by atoms with van der Waals surface area (Å²) in [5, 5.41) is 12.1. The van der Waals surface area contributed by atoms with Gasteiger partial charge in [-0.25, -0.2) is 9.97 Å². The molecule has 0 amide bonds. The number of anilines is 1. The SMILES string of the molecule is Cc1cc(C#N)nc(NCc2cccc(COCC3CCCO3)c2)n1. The first-order valence-corrected chi connectivity index (χ1v) is 8.50. The van der Waals surface area contributed by atoms with Crippen LogP contribution in [0, 0.1) is 18.3 Å². The van der Waals surface area contributed by atoms with Gasteiger partial charge in [-0.15, -0.1) is 0 Å². The molecule has 0 bridgehead atoms. The highest BCUT2D eigenvalue weighted by Gasteiger charge is 2.15. The van der Waals surface area contributed by atoms with Gasteiger partial charge in [-0.2, -0.15) is 5.26 Å². The highest BCUT2D eigenvalue weighted by Crippen LogP contribution is 2.14. The van der Waals surface area contributed by atoms with Crippen molar-refractivity contribution in [1.29, 1.82) is 5.26 Å². The fourth-order valence-electron chi connectivity index (χ4n) is 2.80. The van der Waals surface area contributed by atoms with Crippen molar-refractivity contribution in [1.82, 2.24) is 9.97 Å². The fourth-order valence-corrected chi connectivity index (χ4v) is 2.80. The summed E-state index contributed by atoms with van der Waals surface area (Å²) in [6.45, 7) is 4.52. The Labute approximate surface area is 147 Å². The molecule has 2 aromatic rings. The Morgan fingerprint density at radius 2 is 2.20 bits per heavy atom. The van der Waals surface area contributed by atoms with E-state index in [9.17, 15) is 0 Å². The molecule has 2 heterocycles. The van der Waals surface area contributed by atoms with E-state index in [1.54, 1.807) is 6.07 Å². The van der Waals surface area contributed by atoms with Crippen LogP contribution in [0.1, 0.15) is 35.4 Å². The maximum absolute atomic E-state index is 8.98. The summed E-state index contributed by atoms with van der Waals surface area (Å²) >= 11 is 0. The van der Waals surface area contributed by atoms with Crippen LogP contribution in [0.5, 0.6) is 0 Å². The molecule has 0 spiro atoms. The largest absolute Gasteiger partial charge is 0.376 e. The molecule has 1 aliphatic rings. The average molecular weight is 338 g/mol. The summed E-state index contributed by atoms with van der Waals surface area (Å²) in [6, 6.07) is 11.9. The molecule has 0 saturated carbocycles. The molecule has 130 valence electrons. The van der Waals surface area contributed by atoms with Crippen molar-refractivity contribution in [2.75, 3.05) is 18.5 Å². The van der Waals surface area contributed by atoms with Crippen molar-refractivity contribution in [2.45, 2.75) is 39.0 Å². The van der Waals surface area contributed by atoms with E-state index in [0.717, 1.165) is 36.3 Å². The van der Waals surface area contributed by atoms with Gasteiger partial charge in [0, 0.05) is 18.8 Å². The van der Waals surface area contributed by atoms with Crippen molar-refractivity contribution in [3.05, 3.63) is 52.8 Å². The molecule has 1 aliphatic heterocycles. The number of nitrogens with zero attached hydrogens (tertiary/aromatic N) is 3. The molecule has 0 aliphatic carbocycles. The van der Waals surface area contributed by atoms with Gasteiger partial charge in [-0.05, 0) is 37.0 Å². The molecule has 25 heavy (non-hydrogen) atoms. The summed E-state index contributed by atoms with van der Waals surface area (Å²) in [5.74, 6) is 0.469. The van der Waals surface area contributed by atoms with Gasteiger partial charge in [0.2, 0.25) is 5.95 Å². The highest BCUT2D eigenvalue weighted by atomic mass is 16.5. The number of rotatable bonds is 7. The van der Waals surface area contributed by atoms with Crippen LogP contribution in [-0.2, 0) is 22.6 Å². The van der Waals surface area contributed by atoms with E-state index >= 15 is 0 Å². The molecule has 1 unspecified atom stereocenters. The Balaban J connectivity index is 1.52. The third kappa shape index (κ3) is 5.24. The molecule has 1 saturated heterocycles. The quantitative estimate of drug-likeness (QED) is 0.836. The number of ether oxygens (including phenoxy) is 2. The Bertz CT molecular complexity index is 751. The van der Waals surface area contributed by atoms with Crippen LogP contribution < -0.4 is 5.32 Å². The number of aryl methyl sites for hydroxylation is 1. The molecular weight excluding hydrogens is 316 g/mol. The lowest BCUT2D eigenvalue weighted by atomic mass is 10.1. The van der Waals surface area contributed by atoms with Crippen LogP contribution in [0.15, 0.2) is 30.3 Å². The topological polar surface area (TPSA) is 80.1 Å². The van der Waals surface area contributed by atoms with Crippen molar-refractivity contribution >= 4 is 5.95 Å². The van der Waals surface area contributed by atoms with Crippen molar-refractivity contribution in [3.8, 4) is 6.07 Å². The lowest BCUT2D eigenvalue weighted by Crippen LogP contribution is -2.13. The number of benzene rings is 1. The van der Waals surface area contributed by atoms with Crippen LogP contribution >= 0.6 is 0 Å². The van der Waals surface area contributed by atoms with E-state index < -0.39 is 0 Å². The van der Waals surface area contributed by atoms with Gasteiger partial charge in [0.1, 0.15) is 11.8 Å². The Kier molecular flexibility index (Phi) is 5.94. The normalized spacial score (nSPS) is 16.6. The summed E-state index contributed by atoms with van der Waals surface area (Å²) in [4.78, 5) is 8.46. The van der Waals surface area contributed by atoms with Crippen LogP contribution in [-0.4, -0.2) is 29.3 Å². The number of hydrogen-bond acceptors (Lipinski definition) is 6. The standard InChI is InChI=1S/C19H22N4O2/c1-14-8-17(10-20)23-19(22-14)21-11-15-4-2-5-16(9-15)12-24-13-18-6-3-7-25-18/h2,4-5,8-9,18H,3,6-7,11-13H2,1H3,(H,21,22,23). The Morgan fingerprint density at radius 1 is 1.32 bits per heavy atom. The first-order chi connectivity index (χ1) is 12.2. The van der Waals surface area contributed by atoms with Crippen molar-refractivity contribution in [2.24, 2.45) is 0 Å². The molecule has 1 aromatic carbocycles. The van der Waals surface area contributed by atoms with Gasteiger partial charge in [0.25, 0.3) is 0 Å². The van der Waals surface area contributed by atoms with E-state index in [1.165, 1.54) is 0 Å². The lowest BCUT2D eigenvalue weighted by Gasteiger charge is -2.11. The van der Waals surface area contributed by atoms with E-state index in [-0.39, 0.29) is 6.10 Å². The van der Waals surface area contributed by atoms with Gasteiger partial charge < -0.3 is 14.8 Å². The molecule has 3 rings (SSSR count). The summed E-state index contributed by atoms with van der Waals surface area (Å²) in [7, 11) is 0. The van der Waals surface area contributed by atoms with E-state index in [1.807, 2.05) is 25.1 Å². The minimum absolute atomic E-state index is 0.248. The molecular formula is C19H22N4O2. The molecule has 1 atom stereocenters. The van der Waals surface area contributed by atoms with Crippen LogP contribution in [0.3, 0.4) is 0 Å². The van der Waals surface area contributed by atoms with Crippen molar-refractivity contribution in [3.63, 3.8) is 0 Å². The molecule has 6 heteroatoms. The predicted octanol–water partition coefficient (Wildman–Crippen LogP) is 2.96. The van der Waals surface area contributed by atoms with E-state index in [0.29, 0.717) is 31.4 Å². The molecule has 0 radical (unpaired) electrons. The van der Waals surface area contributed by atoms with Gasteiger partial charge in [0.05, 0.1) is 19.3 Å². The molecule has 1 aromatic heterocycles. The zero-order valence-corrected chi connectivity index (χ0v) is 14.4. The predicted molar refractivity (Wildman–Crippen MR) is 93.9 cm³/mol. The lowest BCUT2D eigenvalue weighted by molar-refractivity contribution is 0.0106. The Hall–Kier alpha value is -2.49. The minimum Gasteiger partial charge on any atom is -0.376 e. The van der Waals surface area contributed by atoms with Gasteiger partial charge in [0.15, 0.2) is 0 Å². The summed E-state index contributed by atoms with van der Waals surface area (Å²) < 4.78 is 11.3. The fraction of sp³-hybridized carbons (Fsp3) is 0.421. The second-order valence-electron chi connectivity index (χ2n) is 6.15. The second kappa shape index (κ2) is 8.56. The molecule has 6 nitrogen and oxygen atoms in total.